The van der Waals surface area contributed by atoms with E-state index < -0.39 is 22.0 Å². The van der Waals surface area contributed by atoms with E-state index in [1.54, 1.807) is 6.92 Å². The third-order valence-electron chi connectivity index (χ3n) is 3.52. The monoisotopic (exact) mass is 427 g/mol. The molecule has 0 aromatic heterocycles. The number of methoxy groups -OCH3 is 2. The number of carbonyl (C=O) groups is 2. The quantitative estimate of drug-likeness (QED) is 0.676. The summed E-state index contributed by atoms with van der Waals surface area (Å²) in [5, 5.41) is 0.197. The second kappa shape index (κ2) is 8.94. The Hall–Kier alpha value is -2.78. The Bertz CT molecular complexity index is 971. The second-order valence-corrected chi connectivity index (χ2v) is 7.50. The molecule has 0 aliphatic carbocycles. The first kappa shape index (κ1) is 21.5. The summed E-state index contributed by atoms with van der Waals surface area (Å²) in [5.74, 6) is -1.38. The van der Waals surface area contributed by atoms with Crippen molar-refractivity contribution < 1.29 is 32.2 Å². The van der Waals surface area contributed by atoms with Crippen LogP contribution in [-0.2, 0) is 19.5 Å². The molecule has 0 amide bonds. The molecule has 2 aromatic carbocycles. The average Bonchev–Trinajstić information content (AvgIpc) is 2.67. The van der Waals surface area contributed by atoms with Gasteiger partial charge in [-0.3, -0.25) is 4.72 Å². The number of rotatable bonds is 7. The van der Waals surface area contributed by atoms with Crippen LogP contribution in [0.5, 0.6) is 5.75 Å². The largest absolute Gasteiger partial charge is 0.492 e. The first-order chi connectivity index (χ1) is 13.2. The molecular weight excluding hydrogens is 410 g/mol. The van der Waals surface area contributed by atoms with Crippen molar-refractivity contribution in [2.24, 2.45) is 0 Å². The van der Waals surface area contributed by atoms with E-state index in [2.05, 4.69) is 14.2 Å². The summed E-state index contributed by atoms with van der Waals surface area (Å²) >= 11 is 5.93. The summed E-state index contributed by atoms with van der Waals surface area (Å²) in [4.78, 5) is 23.5. The smallest absolute Gasteiger partial charge is 0.337 e. The van der Waals surface area contributed by atoms with Gasteiger partial charge in [-0.2, -0.15) is 0 Å². The Morgan fingerprint density at radius 3 is 2.07 bits per heavy atom. The Morgan fingerprint density at radius 1 is 1.00 bits per heavy atom. The summed E-state index contributed by atoms with van der Waals surface area (Å²) in [6, 6.07) is 7.88. The topological polar surface area (TPSA) is 108 Å². The highest BCUT2D eigenvalue weighted by molar-refractivity contribution is 7.92. The zero-order chi connectivity index (χ0) is 20.9. The molecule has 0 saturated heterocycles. The molecule has 0 radical (unpaired) electrons. The maximum atomic E-state index is 12.9. The predicted molar refractivity (Wildman–Crippen MR) is 103 cm³/mol. The maximum Gasteiger partial charge on any atom is 0.337 e. The van der Waals surface area contributed by atoms with Gasteiger partial charge in [-0.15, -0.1) is 0 Å². The Morgan fingerprint density at radius 2 is 1.57 bits per heavy atom. The van der Waals surface area contributed by atoms with Crippen LogP contribution in [0.2, 0.25) is 5.02 Å². The number of halogens is 1. The lowest BCUT2D eigenvalue weighted by Crippen LogP contribution is -2.16. The number of anilines is 1. The van der Waals surface area contributed by atoms with Crippen molar-refractivity contribution in [1.29, 1.82) is 0 Å². The lowest BCUT2D eigenvalue weighted by Gasteiger charge is -2.14. The van der Waals surface area contributed by atoms with E-state index in [1.165, 1.54) is 36.4 Å². The molecule has 0 unspecified atom stereocenters. The lowest BCUT2D eigenvalue weighted by molar-refractivity contribution is 0.0599. The molecule has 10 heteroatoms. The van der Waals surface area contributed by atoms with Crippen LogP contribution in [0.1, 0.15) is 27.6 Å². The number of benzene rings is 2. The molecule has 0 atom stereocenters. The summed E-state index contributed by atoms with van der Waals surface area (Å²) in [6.45, 7) is 1.95. The van der Waals surface area contributed by atoms with Crippen molar-refractivity contribution in [2.75, 3.05) is 25.5 Å². The number of nitrogens with one attached hydrogen (secondary N) is 1. The molecule has 2 aromatic rings. The zero-order valence-electron chi connectivity index (χ0n) is 15.3. The number of ether oxygens (including phenoxy) is 3. The van der Waals surface area contributed by atoms with Crippen LogP contribution in [-0.4, -0.2) is 41.2 Å². The predicted octanol–water partition coefficient (Wildman–Crippen LogP) is 3.11. The van der Waals surface area contributed by atoms with Gasteiger partial charge >= 0.3 is 11.9 Å². The van der Waals surface area contributed by atoms with Gasteiger partial charge in [-0.1, -0.05) is 11.6 Å². The molecule has 1 N–H and O–H groups in total. The molecule has 0 bridgehead atoms. The SMILES string of the molecule is CCOc1ccc(Cl)cc1S(=O)(=O)Nc1cc(C(=O)OC)cc(C(=O)OC)c1. The van der Waals surface area contributed by atoms with Crippen molar-refractivity contribution in [3.63, 3.8) is 0 Å². The van der Waals surface area contributed by atoms with Crippen molar-refractivity contribution in [2.45, 2.75) is 11.8 Å². The number of hydrogen-bond donors (Lipinski definition) is 1. The van der Waals surface area contributed by atoms with Crippen molar-refractivity contribution in [3.8, 4) is 5.75 Å². The van der Waals surface area contributed by atoms with Gasteiger partial charge < -0.3 is 14.2 Å². The van der Waals surface area contributed by atoms with Gasteiger partial charge in [0.25, 0.3) is 10.0 Å². The van der Waals surface area contributed by atoms with E-state index in [9.17, 15) is 18.0 Å². The van der Waals surface area contributed by atoms with E-state index >= 15 is 0 Å². The molecule has 150 valence electrons. The van der Waals surface area contributed by atoms with Crippen molar-refractivity contribution in [1.82, 2.24) is 0 Å². The van der Waals surface area contributed by atoms with E-state index in [1.807, 2.05) is 0 Å². The second-order valence-electron chi connectivity index (χ2n) is 5.41. The standard InChI is InChI=1S/C18H18ClNO7S/c1-4-27-15-6-5-13(19)10-16(15)28(23,24)20-14-8-11(17(21)25-2)7-12(9-14)18(22)26-3/h5-10,20H,4H2,1-3H3. The number of sulfonamides is 1. The minimum atomic E-state index is -4.15. The summed E-state index contributed by atoms with van der Waals surface area (Å²) in [6.07, 6.45) is 0. The van der Waals surface area contributed by atoms with E-state index in [4.69, 9.17) is 16.3 Å². The Kier molecular flexibility index (Phi) is 6.87. The summed E-state index contributed by atoms with van der Waals surface area (Å²) < 4.78 is 42.7. The number of hydrogen-bond acceptors (Lipinski definition) is 7. The molecule has 0 fully saturated rings. The highest BCUT2D eigenvalue weighted by Gasteiger charge is 2.22. The van der Waals surface area contributed by atoms with Crippen LogP contribution in [0.3, 0.4) is 0 Å². The fourth-order valence-corrected chi connectivity index (χ4v) is 3.78. The fourth-order valence-electron chi connectivity index (χ4n) is 2.33. The van der Waals surface area contributed by atoms with Crippen LogP contribution in [0.4, 0.5) is 5.69 Å². The maximum absolute atomic E-state index is 12.9. The molecule has 0 spiro atoms. The third kappa shape index (κ3) is 4.93. The Labute approximate surface area is 167 Å². The molecule has 0 aliphatic rings. The van der Waals surface area contributed by atoms with Gasteiger partial charge in [0.2, 0.25) is 0 Å². The minimum absolute atomic E-state index is 0.0285. The highest BCUT2D eigenvalue weighted by atomic mass is 35.5. The Balaban J connectivity index is 2.53. The minimum Gasteiger partial charge on any atom is -0.492 e. The van der Waals surface area contributed by atoms with Gasteiger partial charge in [0.05, 0.1) is 37.6 Å². The summed E-state index contributed by atoms with van der Waals surface area (Å²) in [5.41, 5.74) is -0.0934. The molecular formula is C18H18ClNO7S. The van der Waals surface area contributed by atoms with Crippen LogP contribution in [0.15, 0.2) is 41.3 Å². The zero-order valence-corrected chi connectivity index (χ0v) is 16.9. The van der Waals surface area contributed by atoms with E-state index in [0.29, 0.717) is 0 Å². The molecule has 2 rings (SSSR count). The van der Waals surface area contributed by atoms with Crippen LogP contribution in [0.25, 0.3) is 0 Å². The van der Waals surface area contributed by atoms with Crippen molar-refractivity contribution in [3.05, 3.63) is 52.5 Å². The van der Waals surface area contributed by atoms with Crippen LogP contribution < -0.4 is 9.46 Å². The van der Waals surface area contributed by atoms with Gasteiger partial charge in [-0.25, -0.2) is 18.0 Å². The fraction of sp³-hybridized carbons (Fsp3) is 0.222. The third-order valence-corrected chi connectivity index (χ3v) is 5.16. The van der Waals surface area contributed by atoms with Gasteiger partial charge in [0, 0.05) is 5.02 Å². The van der Waals surface area contributed by atoms with E-state index in [-0.39, 0.29) is 39.1 Å². The number of carbonyl (C=O) groups excluding carboxylic acids is 2. The first-order valence-corrected chi connectivity index (χ1v) is 9.84. The molecule has 8 nitrogen and oxygen atoms in total. The normalized spacial score (nSPS) is 10.9. The van der Waals surface area contributed by atoms with Crippen molar-refractivity contribution >= 4 is 39.3 Å². The molecule has 0 aliphatic heterocycles. The average molecular weight is 428 g/mol. The van der Waals surface area contributed by atoms with Crippen LogP contribution in [0, 0.1) is 0 Å². The van der Waals surface area contributed by atoms with Gasteiger partial charge in [0.15, 0.2) is 0 Å². The highest BCUT2D eigenvalue weighted by Crippen LogP contribution is 2.29. The first-order valence-electron chi connectivity index (χ1n) is 7.98. The summed E-state index contributed by atoms with van der Waals surface area (Å²) in [7, 11) is -1.82. The van der Waals surface area contributed by atoms with Gasteiger partial charge in [-0.05, 0) is 43.3 Å². The lowest BCUT2D eigenvalue weighted by atomic mass is 10.1. The molecule has 28 heavy (non-hydrogen) atoms. The van der Waals surface area contributed by atoms with Gasteiger partial charge in [0.1, 0.15) is 10.6 Å². The number of esters is 2. The van der Waals surface area contributed by atoms with Crippen LogP contribution >= 0.6 is 11.6 Å². The molecule has 0 saturated carbocycles. The van der Waals surface area contributed by atoms with E-state index in [0.717, 1.165) is 14.2 Å². The molecule has 0 heterocycles.